The van der Waals surface area contributed by atoms with Crippen LogP contribution in [0.4, 0.5) is 0 Å². The van der Waals surface area contributed by atoms with E-state index in [1.807, 2.05) is 0 Å². The second-order valence-corrected chi connectivity index (χ2v) is 3.84. The Morgan fingerprint density at radius 3 is 1.80 bits per heavy atom. The molecule has 0 bridgehead atoms. The lowest BCUT2D eigenvalue weighted by Crippen LogP contribution is -2.26. The van der Waals surface area contributed by atoms with E-state index in [1.54, 1.807) is 0 Å². The molecular formula is C11H18O9. The fourth-order valence-corrected chi connectivity index (χ4v) is 0.913. The molecule has 0 aliphatic carbocycles. The lowest BCUT2D eigenvalue weighted by Gasteiger charge is -2.11. The molecule has 0 aliphatic heterocycles. The molecule has 0 radical (unpaired) electrons. The predicted molar refractivity (Wildman–Crippen MR) is 62.3 cm³/mol. The highest BCUT2D eigenvalue weighted by molar-refractivity contribution is 5.91. The number of carbonyl (C=O) groups is 3. The molecule has 0 rings (SSSR count). The van der Waals surface area contributed by atoms with Crippen molar-refractivity contribution in [2.24, 2.45) is 0 Å². The zero-order valence-electron chi connectivity index (χ0n) is 11.0. The Labute approximate surface area is 115 Å². The molecule has 0 aromatic carbocycles. The van der Waals surface area contributed by atoms with Crippen LogP contribution >= 0.6 is 0 Å². The summed E-state index contributed by atoms with van der Waals surface area (Å²) < 4.78 is 13.5. The molecule has 0 amide bonds. The van der Waals surface area contributed by atoms with Crippen molar-refractivity contribution in [1.82, 2.24) is 0 Å². The molecule has 0 aromatic rings. The number of carbonyl (C=O) groups excluding carboxylic acids is 3. The number of hydrogen-bond donors (Lipinski definition) is 3. The Kier molecular flexibility index (Phi) is 9.26. The molecule has 0 fully saturated rings. The summed E-state index contributed by atoms with van der Waals surface area (Å²) in [5.74, 6) is -2.45. The molecule has 3 N–H and O–H groups in total. The maximum Gasteiger partial charge on any atom is 0.317 e. The summed E-state index contributed by atoms with van der Waals surface area (Å²) in [6, 6.07) is 0. The standard InChI is InChI=1S/C11H18O9/c1-7(13)18-5-9(15)6-20-11(17)2-10(16)19-4-8(14)3-12/h8-9,12,14-15H,2-6H2,1H3. The molecule has 2 atom stereocenters. The van der Waals surface area contributed by atoms with E-state index in [0.717, 1.165) is 6.92 Å². The fourth-order valence-electron chi connectivity index (χ4n) is 0.913. The predicted octanol–water partition coefficient (Wildman–Crippen LogP) is -2.26. The third-order valence-corrected chi connectivity index (χ3v) is 1.85. The van der Waals surface area contributed by atoms with Gasteiger partial charge in [0.1, 0.15) is 38.4 Å². The smallest absolute Gasteiger partial charge is 0.317 e. The Bertz CT molecular complexity index is 328. The van der Waals surface area contributed by atoms with Crippen LogP contribution in [0.3, 0.4) is 0 Å². The molecule has 0 aromatic heterocycles. The van der Waals surface area contributed by atoms with E-state index in [2.05, 4.69) is 14.2 Å². The maximum absolute atomic E-state index is 11.2. The minimum Gasteiger partial charge on any atom is -0.463 e. The summed E-state index contributed by atoms with van der Waals surface area (Å²) in [7, 11) is 0. The van der Waals surface area contributed by atoms with Crippen molar-refractivity contribution in [2.45, 2.75) is 25.6 Å². The molecule has 0 saturated heterocycles. The molecule has 2 unspecified atom stereocenters. The summed E-state index contributed by atoms with van der Waals surface area (Å²) in [6.45, 7) is -0.596. The quantitative estimate of drug-likeness (QED) is 0.244. The molecule has 9 nitrogen and oxygen atoms in total. The van der Waals surface area contributed by atoms with Gasteiger partial charge >= 0.3 is 17.9 Å². The summed E-state index contributed by atoms with van der Waals surface area (Å²) >= 11 is 0. The zero-order chi connectivity index (χ0) is 15.5. The normalized spacial score (nSPS) is 13.2. The van der Waals surface area contributed by atoms with Gasteiger partial charge in [-0.15, -0.1) is 0 Å². The first-order valence-electron chi connectivity index (χ1n) is 5.76. The van der Waals surface area contributed by atoms with Gasteiger partial charge in [0.25, 0.3) is 0 Å². The van der Waals surface area contributed by atoms with Gasteiger partial charge in [-0.3, -0.25) is 14.4 Å². The van der Waals surface area contributed by atoms with Crippen molar-refractivity contribution < 1.29 is 43.9 Å². The highest BCUT2D eigenvalue weighted by atomic mass is 16.6. The summed E-state index contributed by atoms with van der Waals surface area (Å²) in [6.07, 6.45) is -3.09. The van der Waals surface area contributed by atoms with E-state index < -0.39 is 56.4 Å². The summed E-state index contributed by atoms with van der Waals surface area (Å²) in [5.41, 5.74) is 0. The average Bonchev–Trinajstić information content (AvgIpc) is 2.40. The van der Waals surface area contributed by atoms with Gasteiger partial charge in [-0.25, -0.2) is 0 Å². The van der Waals surface area contributed by atoms with Crippen molar-refractivity contribution in [3.63, 3.8) is 0 Å². The number of ether oxygens (including phenoxy) is 3. The molecule has 9 heteroatoms. The Morgan fingerprint density at radius 1 is 0.900 bits per heavy atom. The van der Waals surface area contributed by atoms with Crippen molar-refractivity contribution in [2.75, 3.05) is 26.4 Å². The largest absolute Gasteiger partial charge is 0.463 e. The fraction of sp³-hybridized carbons (Fsp3) is 0.727. The van der Waals surface area contributed by atoms with Gasteiger partial charge < -0.3 is 29.5 Å². The molecular weight excluding hydrogens is 276 g/mol. The van der Waals surface area contributed by atoms with Crippen LogP contribution in [-0.2, 0) is 28.6 Å². The Morgan fingerprint density at radius 2 is 1.35 bits per heavy atom. The summed E-state index contributed by atoms with van der Waals surface area (Å²) in [4.78, 5) is 32.7. The van der Waals surface area contributed by atoms with E-state index in [9.17, 15) is 19.5 Å². The Hall–Kier alpha value is -1.71. The molecule has 0 aliphatic rings. The van der Waals surface area contributed by atoms with Crippen LogP contribution in [0.15, 0.2) is 0 Å². The van der Waals surface area contributed by atoms with Crippen LogP contribution in [0.25, 0.3) is 0 Å². The van der Waals surface area contributed by atoms with Crippen LogP contribution in [0.1, 0.15) is 13.3 Å². The van der Waals surface area contributed by atoms with Crippen LogP contribution in [0, 0.1) is 0 Å². The van der Waals surface area contributed by atoms with Gasteiger partial charge in [-0.2, -0.15) is 0 Å². The molecule has 0 heterocycles. The number of hydrogen-bond acceptors (Lipinski definition) is 9. The van der Waals surface area contributed by atoms with Crippen molar-refractivity contribution in [1.29, 1.82) is 0 Å². The van der Waals surface area contributed by atoms with Gasteiger partial charge in [0.2, 0.25) is 0 Å². The number of rotatable bonds is 9. The van der Waals surface area contributed by atoms with Crippen molar-refractivity contribution in [3.05, 3.63) is 0 Å². The lowest BCUT2D eigenvalue weighted by atomic mass is 10.4. The third-order valence-electron chi connectivity index (χ3n) is 1.85. The monoisotopic (exact) mass is 294 g/mol. The van der Waals surface area contributed by atoms with E-state index in [0.29, 0.717) is 0 Å². The second-order valence-electron chi connectivity index (χ2n) is 3.84. The van der Waals surface area contributed by atoms with E-state index in [4.69, 9.17) is 10.2 Å². The van der Waals surface area contributed by atoms with Gasteiger partial charge in [0.15, 0.2) is 0 Å². The highest BCUT2D eigenvalue weighted by Crippen LogP contribution is 1.95. The third kappa shape index (κ3) is 10.2. The van der Waals surface area contributed by atoms with Crippen LogP contribution in [0.2, 0.25) is 0 Å². The number of aliphatic hydroxyl groups excluding tert-OH is 3. The Balaban J connectivity index is 3.76. The van der Waals surface area contributed by atoms with E-state index in [1.165, 1.54) is 0 Å². The van der Waals surface area contributed by atoms with Crippen LogP contribution < -0.4 is 0 Å². The number of esters is 3. The summed E-state index contributed by atoms with van der Waals surface area (Å²) in [5, 5.41) is 26.6. The first kappa shape index (κ1) is 18.3. The van der Waals surface area contributed by atoms with Gasteiger partial charge in [-0.1, -0.05) is 0 Å². The number of aliphatic hydroxyl groups is 3. The van der Waals surface area contributed by atoms with Gasteiger partial charge in [0, 0.05) is 6.92 Å². The minimum absolute atomic E-state index is 0.324. The van der Waals surface area contributed by atoms with E-state index >= 15 is 0 Å². The molecule has 0 spiro atoms. The zero-order valence-corrected chi connectivity index (χ0v) is 11.0. The molecule has 116 valence electrons. The maximum atomic E-state index is 11.2. The first-order valence-corrected chi connectivity index (χ1v) is 5.76. The van der Waals surface area contributed by atoms with Crippen LogP contribution in [-0.4, -0.2) is 71.9 Å². The SMILES string of the molecule is CC(=O)OCC(O)COC(=O)CC(=O)OCC(O)CO. The van der Waals surface area contributed by atoms with Crippen molar-refractivity contribution in [3.8, 4) is 0 Å². The topological polar surface area (TPSA) is 140 Å². The molecule has 0 saturated carbocycles. The lowest BCUT2D eigenvalue weighted by molar-refractivity contribution is -0.159. The second kappa shape index (κ2) is 10.1. The molecule has 20 heavy (non-hydrogen) atoms. The van der Waals surface area contributed by atoms with Gasteiger partial charge in [-0.05, 0) is 0 Å². The average molecular weight is 294 g/mol. The first-order chi connectivity index (χ1) is 9.35. The van der Waals surface area contributed by atoms with Crippen LogP contribution in [0.5, 0.6) is 0 Å². The minimum atomic E-state index is -1.21. The van der Waals surface area contributed by atoms with E-state index in [-0.39, 0.29) is 6.61 Å². The van der Waals surface area contributed by atoms with Crippen molar-refractivity contribution >= 4 is 17.9 Å². The van der Waals surface area contributed by atoms with Gasteiger partial charge in [0.05, 0.1) is 6.61 Å². The highest BCUT2D eigenvalue weighted by Gasteiger charge is 2.16.